The summed E-state index contributed by atoms with van der Waals surface area (Å²) in [6.07, 6.45) is 4.80. The van der Waals surface area contributed by atoms with Crippen molar-refractivity contribution in [3.63, 3.8) is 0 Å². The number of anilines is 1. The maximum Gasteiger partial charge on any atom is 0.355 e. The third-order valence-electron chi connectivity index (χ3n) is 5.06. The number of aliphatic hydroxyl groups excluding tert-OH is 1. The van der Waals surface area contributed by atoms with Crippen LogP contribution in [0.2, 0.25) is 0 Å². The van der Waals surface area contributed by atoms with Gasteiger partial charge in [0.1, 0.15) is 0 Å². The fourth-order valence-corrected chi connectivity index (χ4v) is 5.41. The lowest BCUT2D eigenvalue weighted by Crippen LogP contribution is -2.34. The number of aromatic nitrogens is 1. The molecule has 1 aromatic heterocycles. The van der Waals surface area contributed by atoms with Crippen molar-refractivity contribution in [1.82, 2.24) is 4.98 Å². The highest BCUT2D eigenvalue weighted by Crippen LogP contribution is 2.33. The van der Waals surface area contributed by atoms with E-state index in [9.17, 15) is 14.7 Å². The number of nitrogens with zero attached hydrogens (tertiary/aromatic N) is 2. The number of carbonyl (C=O) groups is 2. The Morgan fingerprint density at radius 1 is 1.34 bits per heavy atom. The summed E-state index contributed by atoms with van der Waals surface area (Å²) in [5, 5.41) is 20.9. The predicted octanol–water partition coefficient (Wildman–Crippen LogP) is 4.74. The lowest BCUT2D eigenvalue weighted by molar-refractivity contribution is -0.117. The Hall–Kier alpha value is -1.90. The Morgan fingerprint density at radius 2 is 2.10 bits per heavy atom. The Balaban J connectivity index is 1.62. The maximum atomic E-state index is 12.5. The number of hydrogen-bond acceptors (Lipinski definition) is 6. The second kappa shape index (κ2) is 10.2. The standard InChI is InChI=1S/C21H26N2O4S2/c1-2-3-4-5-18(24)14-6-8-15(9-7-14)23-16(10-11-19(23)25)12-28-21-22-17(13-29-21)20(26)27/h6-9,13,16,18,24H,2-5,10-12H2,1H3,(H,26,27)/t16?,18-/m1/s1. The number of amides is 1. The second-order valence-electron chi connectivity index (χ2n) is 7.17. The van der Waals surface area contributed by atoms with E-state index >= 15 is 0 Å². The van der Waals surface area contributed by atoms with Crippen molar-refractivity contribution < 1.29 is 19.8 Å². The van der Waals surface area contributed by atoms with Gasteiger partial charge in [-0.3, -0.25) is 4.79 Å². The van der Waals surface area contributed by atoms with Crippen LogP contribution in [0.15, 0.2) is 34.0 Å². The van der Waals surface area contributed by atoms with Crippen LogP contribution >= 0.6 is 23.1 Å². The van der Waals surface area contributed by atoms with Gasteiger partial charge in [0, 0.05) is 29.3 Å². The molecule has 3 rings (SSSR count). The van der Waals surface area contributed by atoms with Crippen molar-refractivity contribution in [2.75, 3.05) is 10.7 Å². The van der Waals surface area contributed by atoms with Crippen molar-refractivity contribution in [2.45, 2.75) is 61.9 Å². The summed E-state index contributed by atoms with van der Waals surface area (Å²) in [5.74, 6) is -0.264. The number of benzene rings is 1. The van der Waals surface area contributed by atoms with Gasteiger partial charge >= 0.3 is 5.97 Å². The van der Waals surface area contributed by atoms with Crippen LogP contribution in [-0.4, -0.2) is 38.9 Å². The van der Waals surface area contributed by atoms with E-state index < -0.39 is 12.1 Å². The van der Waals surface area contributed by atoms with Crippen LogP contribution in [-0.2, 0) is 4.79 Å². The number of thiazole rings is 1. The Morgan fingerprint density at radius 3 is 2.76 bits per heavy atom. The molecule has 1 unspecified atom stereocenters. The van der Waals surface area contributed by atoms with Gasteiger partial charge in [-0.25, -0.2) is 9.78 Å². The predicted molar refractivity (Wildman–Crippen MR) is 116 cm³/mol. The molecule has 2 atom stereocenters. The molecule has 8 heteroatoms. The maximum absolute atomic E-state index is 12.5. The fraction of sp³-hybridized carbons (Fsp3) is 0.476. The summed E-state index contributed by atoms with van der Waals surface area (Å²) in [5.41, 5.74) is 1.78. The van der Waals surface area contributed by atoms with E-state index in [1.165, 1.54) is 28.5 Å². The molecule has 2 N–H and O–H groups in total. The number of hydrogen-bond donors (Lipinski definition) is 2. The van der Waals surface area contributed by atoms with E-state index in [4.69, 9.17) is 5.11 Å². The van der Waals surface area contributed by atoms with Gasteiger partial charge in [-0.15, -0.1) is 11.3 Å². The Bertz CT molecular complexity index is 837. The summed E-state index contributed by atoms with van der Waals surface area (Å²) in [7, 11) is 0. The van der Waals surface area contributed by atoms with Crippen LogP contribution < -0.4 is 4.90 Å². The molecule has 1 aliphatic rings. The van der Waals surface area contributed by atoms with E-state index in [-0.39, 0.29) is 17.6 Å². The summed E-state index contributed by atoms with van der Waals surface area (Å²) in [4.78, 5) is 29.4. The molecule has 1 saturated heterocycles. The molecule has 0 bridgehead atoms. The lowest BCUT2D eigenvalue weighted by Gasteiger charge is -2.25. The van der Waals surface area contributed by atoms with Gasteiger partial charge in [-0.2, -0.15) is 0 Å². The topological polar surface area (TPSA) is 90.7 Å². The van der Waals surface area contributed by atoms with Crippen molar-refractivity contribution in [3.05, 3.63) is 40.9 Å². The normalized spacial score (nSPS) is 17.7. The summed E-state index contributed by atoms with van der Waals surface area (Å²) < 4.78 is 0.701. The molecule has 0 saturated carbocycles. The SMILES string of the molecule is CCCCC[C@@H](O)c1ccc(N2C(=O)CCC2CSc2nc(C(=O)O)cs2)cc1. The second-order valence-corrected chi connectivity index (χ2v) is 9.30. The third kappa shape index (κ3) is 5.58. The summed E-state index contributed by atoms with van der Waals surface area (Å²) in [6.45, 7) is 2.14. The van der Waals surface area contributed by atoms with Gasteiger partial charge in [0.15, 0.2) is 10.0 Å². The zero-order chi connectivity index (χ0) is 20.8. The van der Waals surface area contributed by atoms with E-state index in [1.807, 2.05) is 29.2 Å². The minimum atomic E-state index is -1.03. The van der Waals surface area contributed by atoms with E-state index in [0.717, 1.165) is 43.4 Å². The highest BCUT2D eigenvalue weighted by molar-refractivity contribution is 8.01. The van der Waals surface area contributed by atoms with Crippen molar-refractivity contribution in [3.8, 4) is 0 Å². The molecule has 6 nitrogen and oxygen atoms in total. The Labute approximate surface area is 179 Å². The van der Waals surface area contributed by atoms with Crippen LogP contribution in [0, 0.1) is 0 Å². The van der Waals surface area contributed by atoms with Gasteiger partial charge in [-0.1, -0.05) is 50.1 Å². The molecular formula is C21H26N2O4S2. The first-order valence-electron chi connectivity index (χ1n) is 9.91. The highest BCUT2D eigenvalue weighted by Gasteiger charge is 2.32. The zero-order valence-corrected chi connectivity index (χ0v) is 18.0. The zero-order valence-electron chi connectivity index (χ0n) is 16.4. The van der Waals surface area contributed by atoms with Gasteiger partial charge in [0.25, 0.3) is 0 Å². The molecule has 1 amide bonds. The number of rotatable bonds is 10. The quantitative estimate of drug-likeness (QED) is 0.414. The molecule has 1 aromatic carbocycles. The third-order valence-corrected chi connectivity index (χ3v) is 7.23. The highest BCUT2D eigenvalue weighted by atomic mass is 32.2. The molecule has 0 radical (unpaired) electrons. The van der Waals surface area contributed by atoms with Crippen LogP contribution in [0.1, 0.15) is 67.6 Å². The van der Waals surface area contributed by atoms with Crippen molar-refractivity contribution in [1.29, 1.82) is 0 Å². The molecular weight excluding hydrogens is 408 g/mol. The van der Waals surface area contributed by atoms with E-state index in [1.54, 1.807) is 0 Å². The lowest BCUT2D eigenvalue weighted by atomic mass is 10.0. The van der Waals surface area contributed by atoms with Gasteiger partial charge in [0.05, 0.1) is 6.10 Å². The van der Waals surface area contributed by atoms with Crippen LogP contribution in [0.5, 0.6) is 0 Å². The molecule has 0 spiro atoms. The van der Waals surface area contributed by atoms with Crippen LogP contribution in [0.25, 0.3) is 0 Å². The van der Waals surface area contributed by atoms with Crippen molar-refractivity contribution >= 4 is 40.7 Å². The number of thioether (sulfide) groups is 1. The molecule has 2 heterocycles. The smallest absolute Gasteiger partial charge is 0.355 e. The van der Waals surface area contributed by atoms with Crippen LogP contribution in [0.3, 0.4) is 0 Å². The van der Waals surface area contributed by atoms with Crippen molar-refractivity contribution in [2.24, 2.45) is 0 Å². The number of aliphatic hydroxyl groups is 1. The molecule has 1 aliphatic heterocycles. The Kier molecular flexibility index (Phi) is 7.69. The van der Waals surface area contributed by atoms with E-state index in [0.29, 0.717) is 16.5 Å². The van der Waals surface area contributed by atoms with Gasteiger partial charge in [-0.05, 0) is 30.5 Å². The minimum Gasteiger partial charge on any atom is -0.476 e. The molecule has 1 fully saturated rings. The molecule has 0 aliphatic carbocycles. The summed E-state index contributed by atoms with van der Waals surface area (Å²) >= 11 is 2.80. The number of unbranched alkanes of at least 4 members (excludes halogenated alkanes) is 2. The number of aromatic carboxylic acids is 1. The average Bonchev–Trinajstić information content (AvgIpc) is 3.33. The first-order valence-corrected chi connectivity index (χ1v) is 11.8. The number of carboxylic acids is 1. The monoisotopic (exact) mass is 434 g/mol. The van der Waals surface area contributed by atoms with Gasteiger partial charge in [0.2, 0.25) is 5.91 Å². The van der Waals surface area contributed by atoms with Gasteiger partial charge < -0.3 is 15.1 Å². The first kappa shape index (κ1) is 21.8. The number of carbonyl (C=O) groups excluding carboxylic acids is 1. The number of carboxylic acid groups (broad SMARTS) is 1. The average molecular weight is 435 g/mol. The molecule has 156 valence electrons. The summed E-state index contributed by atoms with van der Waals surface area (Å²) in [6, 6.07) is 7.67. The fourth-order valence-electron chi connectivity index (χ4n) is 3.46. The first-order chi connectivity index (χ1) is 14.0. The molecule has 2 aromatic rings. The molecule has 29 heavy (non-hydrogen) atoms. The van der Waals surface area contributed by atoms with Crippen LogP contribution in [0.4, 0.5) is 5.69 Å². The van der Waals surface area contributed by atoms with E-state index in [2.05, 4.69) is 11.9 Å². The minimum absolute atomic E-state index is 0.0463. The largest absolute Gasteiger partial charge is 0.476 e.